The van der Waals surface area contributed by atoms with Gasteiger partial charge in [0.05, 0.1) is 4.92 Å². The maximum absolute atomic E-state index is 13.6. The molecule has 0 bridgehead atoms. The SMILES string of the molecule is O=[N+]([O-])c1cccc(F)c1Sc1ccncc1. The van der Waals surface area contributed by atoms with E-state index in [0.717, 1.165) is 11.8 Å². The van der Waals surface area contributed by atoms with Gasteiger partial charge in [0.15, 0.2) is 0 Å². The molecular formula is C11H7FN2O2S. The standard InChI is InChI=1S/C11H7FN2O2S/c12-9-2-1-3-10(14(15)16)11(9)17-8-4-6-13-7-5-8/h1-7H. The third-order valence-electron chi connectivity index (χ3n) is 2.01. The van der Waals surface area contributed by atoms with Crippen LogP contribution in [-0.2, 0) is 0 Å². The van der Waals surface area contributed by atoms with E-state index in [9.17, 15) is 14.5 Å². The normalized spacial score (nSPS) is 10.2. The molecule has 0 unspecified atom stereocenters. The molecule has 0 saturated heterocycles. The summed E-state index contributed by atoms with van der Waals surface area (Å²) in [5.74, 6) is -0.596. The van der Waals surface area contributed by atoms with Gasteiger partial charge in [-0.2, -0.15) is 0 Å². The van der Waals surface area contributed by atoms with Crippen molar-refractivity contribution in [3.63, 3.8) is 0 Å². The van der Waals surface area contributed by atoms with Crippen molar-refractivity contribution >= 4 is 17.4 Å². The summed E-state index contributed by atoms with van der Waals surface area (Å²) in [6, 6.07) is 7.15. The van der Waals surface area contributed by atoms with Crippen LogP contribution in [0.3, 0.4) is 0 Å². The summed E-state index contributed by atoms with van der Waals surface area (Å²) in [6.07, 6.45) is 3.10. The minimum absolute atomic E-state index is 0.0173. The van der Waals surface area contributed by atoms with Crippen molar-refractivity contribution in [2.24, 2.45) is 0 Å². The molecule has 1 aromatic carbocycles. The molecule has 1 heterocycles. The van der Waals surface area contributed by atoms with E-state index in [-0.39, 0.29) is 10.6 Å². The van der Waals surface area contributed by atoms with Crippen molar-refractivity contribution < 1.29 is 9.31 Å². The van der Waals surface area contributed by atoms with E-state index in [2.05, 4.69) is 4.98 Å². The Morgan fingerprint density at radius 1 is 1.24 bits per heavy atom. The lowest BCUT2D eigenvalue weighted by atomic mass is 10.3. The van der Waals surface area contributed by atoms with Crippen LogP contribution in [0.2, 0.25) is 0 Å². The molecule has 0 fully saturated rings. The highest BCUT2D eigenvalue weighted by Gasteiger charge is 2.18. The van der Waals surface area contributed by atoms with Crippen LogP contribution in [-0.4, -0.2) is 9.91 Å². The van der Waals surface area contributed by atoms with Gasteiger partial charge in [0.2, 0.25) is 0 Å². The third kappa shape index (κ3) is 2.59. The maximum Gasteiger partial charge on any atom is 0.286 e. The monoisotopic (exact) mass is 250 g/mol. The first-order valence-electron chi connectivity index (χ1n) is 4.69. The zero-order chi connectivity index (χ0) is 12.3. The molecule has 0 radical (unpaired) electrons. The molecule has 6 heteroatoms. The number of hydrogen-bond donors (Lipinski definition) is 0. The van der Waals surface area contributed by atoms with Crippen molar-refractivity contribution in [2.75, 3.05) is 0 Å². The molecule has 4 nitrogen and oxygen atoms in total. The first-order chi connectivity index (χ1) is 8.18. The molecule has 2 aromatic rings. The average Bonchev–Trinajstić information content (AvgIpc) is 2.33. The van der Waals surface area contributed by atoms with Gasteiger partial charge in [-0.15, -0.1) is 0 Å². The summed E-state index contributed by atoms with van der Waals surface area (Å²) < 4.78 is 13.6. The Bertz CT molecular complexity index is 548. The van der Waals surface area contributed by atoms with Crippen LogP contribution in [0.4, 0.5) is 10.1 Å². The van der Waals surface area contributed by atoms with Crippen LogP contribution in [0.25, 0.3) is 0 Å². The van der Waals surface area contributed by atoms with Gasteiger partial charge >= 0.3 is 0 Å². The first kappa shape index (κ1) is 11.5. The topological polar surface area (TPSA) is 56.0 Å². The van der Waals surface area contributed by atoms with E-state index >= 15 is 0 Å². The summed E-state index contributed by atoms with van der Waals surface area (Å²) in [5.41, 5.74) is -0.230. The van der Waals surface area contributed by atoms with Gasteiger partial charge in [-0.1, -0.05) is 17.8 Å². The van der Waals surface area contributed by atoms with E-state index in [1.807, 2.05) is 0 Å². The number of benzene rings is 1. The van der Waals surface area contributed by atoms with Crippen molar-refractivity contribution in [1.29, 1.82) is 0 Å². The minimum Gasteiger partial charge on any atom is -0.265 e. The lowest BCUT2D eigenvalue weighted by Crippen LogP contribution is -1.93. The van der Waals surface area contributed by atoms with Crippen molar-refractivity contribution in [2.45, 2.75) is 9.79 Å². The fourth-order valence-electron chi connectivity index (χ4n) is 1.27. The largest absolute Gasteiger partial charge is 0.286 e. The molecule has 17 heavy (non-hydrogen) atoms. The maximum atomic E-state index is 13.6. The van der Waals surface area contributed by atoms with Crippen LogP contribution >= 0.6 is 11.8 Å². The van der Waals surface area contributed by atoms with E-state index < -0.39 is 10.7 Å². The van der Waals surface area contributed by atoms with Gasteiger partial charge in [-0.3, -0.25) is 15.1 Å². The summed E-state index contributed by atoms with van der Waals surface area (Å²) in [4.78, 5) is 14.7. The molecule has 0 aliphatic heterocycles. The number of aromatic nitrogens is 1. The van der Waals surface area contributed by atoms with Gasteiger partial charge in [-0.05, 0) is 18.2 Å². The second-order valence-corrected chi connectivity index (χ2v) is 4.21. The summed E-state index contributed by atoms with van der Waals surface area (Å²) in [6.45, 7) is 0. The molecule has 86 valence electrons. The third-order valence-corrected chi connectivity index (χ3v) is 3.13. The second-order valence-electron chi connectivity index (χ2n) is 3.13. The Morgan fingerprint density at radius 3 is 2.59 bits per heavy atom. The molecule has 1 aromatic heterocycles. The predicted molar refractivity (Wildman–Crippen MR) is 61.4 cm³/mol. The summed E-state index contributed by atoms with van der Waals surface area (Å²) in [7, 11) is 0. The van der Waals surface area contributed by atoms with Crippen LogP contribution < -0.4 is 0 Å². The molecule has 0 N–H and O–H groups in total. The number of pyridine rings is 1. The predicted octanol–water partition coefficient (Wildman–Crippen LogP) is 3.28. The first-order valence-corrected chi connectivity index (χ1v) is 5.51. The van der Waals surface area contributed by atoms with Gasteiger partial charge < -0.3 is 0 Å². The molecular weight excluding hydrogens is 243 g/mol. The van der Waals surface area contributed by atoms with Crippen LogP contribution in [0.1, 0.15) is 0 Å². The fourth-order valence-corrected chi connectivity index (χ4v) is 2.17. The van der Waals surface area contributed by atoms with Crippen LogP contribution in [0.5, 0.6) is 0 Å². The molecule has 0 spiro atoms. The highest BCUT2D eigenvalue weighted by molar-refractivity contribution is 7.99. The quantitative estimate of drug-likeness (QED) is 0.619. The van der Waals surface area contributed by atoms with Gasteiger partial charge in [0.25, 0.3) is 5.69 Å². The Morgan fingerprint density at radius 2 is 1.94 bits per heavy atom. The van der Waals surface area contributed by atoms with E-state index in [0.29, 0.717) is 4.90 Å². The van der Waals surface area contributed by atoms with E-state index in [4.69, 9.17) is 0 Å². The molecule has 0 saturated carbocycles. The van der Waals surface area contributed by atoms with Crippen molar-refractivity contribution in [3.05, 3.63) is 58.7 Å². The van der Waals surface area contributed by atoms with Crippen LogP contribution in [0.15, 0.2) is 52.5 Å². The zero-order valence-corrected chi connectivity index (χ0v) is 9.36. The number of hydrogen-bond acceptors (Lipinski definition) is 4. The van der Waals surface area contributed by atoms with Gasteiger partial charge in [0.1, 0.15) is 10.7 Å². The number of halogens is 1. The summed E-state index contributed by atoms with van der Waals surface area (Å²) >= 11 is 1.01. The smallest absolute Gasteiger partial charge is 0.265 e. The van der Waals surface area contributed by atoms with Gasteiger partial charge in [0, 0.05) is 23.4 Å². The second kappa shape index (κ2) is 4.92. The van der Waals surface area contributed by atoms with Crippen molar-refractivity contribution in [1.82, 2.24) is 4.98 Å². The Balaban J connectivity index is 2.41. The van der Waals surface area contributed by atoms with Crippen molar-refractivity contribution in [3.8, 4) is 0 Å². The van der Waals surface area contributed by atoms with Gasteiger partial charge in [-0.25, -0.2) is 4.39 Å². The highest BCUT2D eigenvalue weighted by atomic mass is 32.2. The van der Waals surface area contributed by atoms with E-state index in [1.54, 1.807) is 24.5 Å². The highest BCUT2D eigenvalue weighted by Crippen LogP contribution is 2.36. The number of rotatable bonds is 3. The molecule has 0 aliphatic rings. The number of nitro groups is 1. The average molecular weight is 250 g/mol. The molecule has 0 amide bonds. The number of nitro benzene ring substituents is 1. The fraction of sp³-hybridized carbons (Fsp3) is 0. The lowest BCUT2D eigenvalue weighted by Gasteiger charge is -2.03. The molecule has 0 aliphatic carbocycles. The lowest BCUT2D eigenvalue weighted by molar-refractivity contribution is -0.388. The van der Waals surface area contributed by atoms with Crippen LogP contribution in [0, 0.1) is 15.9 Å². The Labute approximate surface area is 101 Å². The Hall–Kier alpha value is -1.95. The summed E-state index contributed by atoms with van der Waals surface area (Å²) in [5, 5.41) is 10.8. The number of nitrogens with zero attached hydrogens (tertiary/aromatic N) is 2. The zero-order valence-electron chi connectivity index (χ0n) is 8.54. The van der Waals surface area contributed by atoms with E-state index in [1.165, 1.54) is 18.2 Å². The molecule has 2 rings (SSSR count). The Kier molecular flexibility index (Phi) is 3.34. The molecule has 0 atom stereocenters. The minimum atomic E-state index is -0.596.